The molecular formula is C11H16N2O. The SMILES string of the molecule is CC(O)CN1CCNc2ccccc21. The Bertz CT molecular complexity index is 312. The first kappa shape index (κ1) is 9.34. The van der Waals surface area contributed by atoms with Crippen molar-refractivity contribution in [3.05, 3.63) is 24.3 Å². The molecule has 1 aliphatic rings. The number of hydrogen-bond donors (Lipinski definition) is 2. The van der Waals surface area contributed by atoms with Gasteiger partial charge in [-0.1, -0.05) is 12.1 Å². The second-order valence-electron chi connectivity index (χ2n) is 3.74. The van der Waals surface area contributed by atoms with Crippen LogP contribution in [0, 0.1) is 0 Å². The molecule has 2 rings (SSSR count). The van der Waals surface area contributed by atoms with Crippen LogP contribution in [0.15, 0.2) is 24.3 Å². The van der Waals surface area contributed by atoms with E-state index in [1.165, 1.54) is 11.4 Å². The van der Waals surface area contributed by atoms with E-state index in [9.17, 15) is 5.11 Å². The molecule has 0 bridgehead atoms. The molecule has 1 aromatic rings. The molecule has 1 atom stereocenters. The molecule has 3 heteroatoms. The maximum absolute atomic E-state index is 9.37. The molecule has 0 amide bonds. The summed E-state index contributed by atoms with van der Waals surface area (Å²) < 4.78 is 0. The first-order chi connectivity index (χ1) is 6.77. The summed E-state index contributed by atoms with van der Waals surface area (Å²) in [6.45, 7) is 4.44. The lowest BCUT2D eigenvalue weighted by atomic mass is 10.2. The lowest BCUT2D eigenvalue weighted by molar-refractivity contribution is 0.200. The molecule has 3 nitrogen and oxygen atoms in total. The maximum Gasteiger partial charge on any atom is 0.0687 e. The van der Waals surface area contributed by atoms with Crippen molar-refractivity contribution in [3.8, 4) is 0 Å². The van der Waals surface area contributed by atoms with Gasteiger partial charge in [0.1, 0.15) is 0 Å². The van der Waals surface area contributed by atoms with Crippen LogP contribution in [0.2, 0.25) is 0 Å². The van der Waals surface area contributed by atoms with Crippen LogP contribution in [0.25, 0.3) is 0 Å². The van der Waals surface area contributed by atoms with Crippen LogP contribution in [0.3, 0.4) is 0 Å². The highest BCUT2D eigenvalue weighted by atomic mass is 16.3. The molecule has 0 fully saturated rings. The summed E-state index contributed by atoms with van der Waals surface area (Å²) in [5.41, 5.74) is 2.36. The molecule has 0 saturated carbocycles. The van der Waals surface area contributed by atoms with E-state index in [1.54, 1.807) is 0 Å². The second-order valence-corrected chi connectivity index (χ2v) is 3.74. The van der Waals surface area contributed by atoms with E-state index in [1.807, 2.05) is 19.1 Å². The first-order valence-electron chi connectivity index (χ1n) is 5.03. The van der Waals surface area contributed by atoms with Crippen LogP contribution < -0.4 is 10.2 Å². The molecule has 1 aliphatic heterocycles. The zero-order valence-electron chi connectivity index (χ0n) is 8.40. The van der Waals surface area contributed by atoms with E-state index >= 15 is 0 Å². The number of rotatable bonds is 2. The topological polar surface area (TPSA) is 35.5 Å². The first-order valence-corrected chi connectivity index (χ1v) is 5.03. The quantitative estimate of drug-likeness (QED) is 0.741. The van der Waals surface area contributed by atoms with Gasteiger partial charge in [0.25, 0.3) is 0 Å². The minimum absolute atomic E-state index is 0.277. The van der Waals surface area contributed by atoms with Gasteiger partial charge in [-0.25, -0.2) is 0 Å². The molecule has 1 unspecified atom stereocenters. The molecule has 0 aromatic heterocycles. The van der Waals surface area contributed by atoms with Gasteiger partial charge in [-0.2, -0.15) is 0 Å². The van der Waals surface area contributed by atoms with Gasteiger partial charge in [0.2, 0.25) is 0 Å². The minimum atomic E-state index is -0.277. The van der Waals surface area contributed by atoms with E-state index in [0.717, 1.165) is 13.1 Å². The molecule has 76 valence electrons. The summed E-state index contributed by atoms with van der Waals surface area (Å²) >= 11 is 0. The molecule has 1 aromatic carbocycles. The summed E-state index contributed by atoms with van der Waals surface area (Å²) in [6.07, 6.45) is -0.277. The highest BCUT2D eigenvalue weighted by Gasteiger charge is 2.16. The highest BCUT2D eigenvalue weighted by Crippen LogP contribution is 2.28. The molecule has 2 N–H and O–H groups in total. The number of fused-ring (bicyclic) bond motifs is 1. The zero-order chi connectivity index (χ0) is 9.97. The Balaban J connectivity index is 2.22. The van der Waals surface area contributed by atoms with Crippen molar-refractivity contribution in [3.63, 3.8) is 0 Å². The summed E-state index contributed by atoms with van der Waals surface area (Å²) in [6, 6.07) is 8.21. The van der Waals surface area contributed by atoms with Crippen molar-refractivity contribution in [2.75, 3.05) is 29.9 Å². The van der Waals surface area contributed by atoms with Crippen molar-refractivity contribution >= 4 is 11.4 Å². The number of hydrogen-bond acceptors (Lipinski definition) is 3. The Morgan fingerprint density at radius 2 is 2.29 bits per heavy atom. The highest BCUT2D eigenvalue weighted by molar-refractivity contribution is 5.71. The van der Waals surface area contributed by atoms with E-state index in [2.05, 4.69) is 22.3 Å². The normalized spacial score (nSPS) is 17.1. The van der Waals surface area contributed by atoms with Crippen molar-refractivity contribution < 1.29 is 5.11 Å². The van der Waals surface area contributed by atoms with Gasteiger partial charge in [0, 0.05) is 19.6 Å². The van der Waals surface area contributed by atoms with Crippen LogP contribution in [-0.2, 0) is 0 Å². The van der Waals surface area contributed by atoms with Crippen molar-refractivity contribution in [1.82, 2.24) is 0 Å². The fourth-order valence-electron chi connectivity index (χ4n) is 1.85. The smallest absolute Gasteiger partial charge is 0.0687 e. The monoisotopic (exact) mass is 192 g/mol. The number of aliphatic hydroxyl groups is 1. The van der Waals surface area contributed by atoms with Crippen molar-refractivity contribution in [1.29, 1.82) is 0 Å². The molecule has 0 aliphatic carbocycles. The van der Waals surface area contributed by atoms with Crippen LogP contribution in [0.5, 0.6) is 0 Å². The lowest BCUT2D eigenvalue weighted by Gasteiger charge is -2.32. The van der Waals surface area contributed by atoms with Gasteiger partial charge in [-0.15, -0.1) is 0 Å². The Hall–Kier alpha value is -1.22. The van der Waals surface area contributed by atoms with Gasteiger partial charge in [-0.05, 0) is 19.1 Å². The predicted molar refractivity (Wildman–Crippen MR) is 58.8 cm³/mol. The Morgan fingerprint density at radius 3 is 3.07 bits per heavy atom. The molecule has 0 saturated heterocycles. The lowest BCUT2D eigenvalue weighted by Crippen LogP contribution is -2.38. The van der Waals surface area contributed by atoms with E-state index in [0.29, 0.717) is 6.54 Å². The number of benzene rings is 1. The van der Waals surface area contributed by atoms with Gasteiger partial charge in [0.05, 0.1) is 17.5 Å². The van der Waals surface area contributed by atoms with E-state index < -0.39 is 0 Å². The largest absolute Gasteiger partial charge is 0.392 e. The van der Waals surface area contributed by atoms with Gasteiger partial charge < -0.3 is 15.3 Å². The van der Waals surface area contributed by atoms with Gasteiger partial charge in [0.15, 0.2) is 0 Å². The Morgan fingerprint density at radius 1 is 1.50 bits per heavy atom. The average Bonchev–Trinajstić information content (AvgIpc) is 2.18. The fraction of sp³-hybridized carbons (Fsp3) is 0.455. The second kappa shape index (κ2) is 3.88. The molecule has 0 radical (unpaired) electrons. The van der Waals surface area contributed by atoms with E-state index in [-0.39, 0.29) is 6.10 Å². The third kappa shape index (κ3) is 1.82. The third-order valence-corrected chi connectivity index (χ3v) is 2.43. The molecule has 14 heavy (non-hydrogen) atoms. The molecule has 1 heterocycles. The molecular weight excluding hydrogens is 176 g/mol. The number of nitrogens with one attached hydrogen (secondary N) is 1. The summed E-state index contributed by atoms with van der Waals surface area (Å²) in [5.74, 6) is 0. The van der Waals surface area contributed by atoms with Gasteiger partial charge >= 0.3 is 0 Å². The third-order valence-electron chi connectivity index (χ3n) is 2.43. The number of anilines is 2. The Kier molecular flexibility index (Phi) is 2.59. The number of para-hydroxylation sites is 2. The number of aliphatic hydroxyl groups excluding tert-OH is 1. The van der Waals surface area contributed by atoms with Crippen molar-refractivity contribution in [2.45, 2.75) is 13.0 Å². The van der Waals surface area contributed by atoms with Crippen LogP contribution in [0.1, 0.15) is 6.92 Å². The molecule has 0 spiro atoms. The number of β-amino-alcohol motifs (C(OH)–C–C–N with tert-alkyl or cyclic N) is 1. The van der Waals surface area contributed by atoms with E-state index in [4.69, 9.17) is 0 Å². The van der Waals surface area contributed by atoms with Crippen LogP contribution >= 0.6 is 0 Å². The average molecular weight is 192 g/mol. The van der Waals surface area contributed by atoms with Crippen molar-refractivity contribution in [2.24, 2.45) is 0 Å². The summed E-state index contributed by atoms with van der Waals surface area (Å²) in [4.78, 5) is 2.22. The van der Waals surface area contributed by atoms with Crippen LogP contribution in [-0.4, -0.2) is 30.8 Å². The fourth-order valence-corrected chi connectivity index (χ4v) is 1.85. The van der Waals surface area contributed by atoms with Crippen LogP contribution in [0.4, 0.5) is 11.4 Å². The maximum atomic E-state index is 9.37. The summed E-state index contributed by atoms with van der Waals surface area (Å²) in [5, 5.41) is 12.7. The minimum Gasteiger partial charge on any atom is -0.392 e. The standard InChI is InChI=1S/C11H16N2O/c1-9(14)8-13-7-6-12-10-4-2-3-5-11(10)13/h2-5,9,12,14H,6-8H2,1H3. The predicted octanol–water partition coefficient (Wildman–Crippen LogP) is 1.30. The Labute approximate surface area is 84.4 Å². The zero-order valence-corrected chi connectivity index (χ0v) is 8.40. The summed E-state index contributed by atoms with van der Waals surface area (Å²) in [7, 11) is 0. The van der Waals surface area contributed by atoms with Gasteiger partial charge in [-0.3, -0.25) is 0 Å². The number of nitrogens with zero attached hydrogens (tertiary/aromatic N) is 1.